The Morgan fingerprint density at radius 1 is 1.27 bits per heavy atom. The minimum Gasteiger partial charge on any atom is -0.506 e. The fourth-order valence-electron chi connectivity index (χ4n) is 2.65. The minimum atomic E-state index is -0.199. The highest BCUT2D eigenvalue weighted by atomic mass is 16.3. The highest BCUT2D eigenvalue weighted by molar-refractivity contribution is 6.03. The lowest BCUT2D eigenvalue weighted by atomic mass is 9.98. The van der Waals surface area contributed by atoms with Crippen LogP contribution in [0.3, 0.4) is 0 Å². The first-order valence-corrected chi connectivity index (χ1v) is 7.07. The molecule has 0 fully saturated rings. The van der Waals surface area contributed by atoms with Crippen LogP contribution in [0.4, 0.5) is 5.69 Å². The number of carbonyl (C=O) groups is 1. The summed E-state index contributed by atoms with van der Waals surface area (Å²) in [5, 5.41) is 15.5. The molecule has 0 saturated heterocycles. The van der Waals surface area contributed by atoms with Gasteiger partial charge in [0.05, 0.1) is 17.4 Å². The lowest BCUT2D eigenvalue weighted by molar-refractivity contribution is -0.130. The van der Waals surface area contributed by atoms with Crippen molar-refractivity contribution in [1.82, 2.24) is 5.01 Å². The molecule has 3 rings (SSSR count). The van der Waals surface area contributed by atoms with Crippen molar-refractivity contribution in [2.45, 2.75) is 19.4 Å². The number of phenolic OH excluding ortho intramolecular Hbond substituents is 1. The molecule has 22 heavy (non-hydrogen) atoms. The Hall–Kier alpha value is -2.82. The van der Waals surface area contributed by atoms with Crippen LogP contribution >= 0.6 is 0 Å². The maximum Gasteiger partial charge on any atom is 0.240 e. The van der Waals surface area contributed by atoms with Gasteiger partial charge in [0.15, 0.2) is 0 Å². The number of nitrogens with zero attached hydrogens (tertiary/aromatic N) is 2. The van der Waals surface area contributed by atoms with E-state index in [1.807, 2.05) is 30.3 Å². The molecular weight excluding hydrogens is 278 g/mol. The number of hydrogen-bond donors (Lipinski definition) is 2. The van der Waals surface area contributed by atoms with Gasteiger partial charge in [-0.3, -0.25) is 4.79 Å². The number of rotatable bonds is 2. The smallest absolute Gasteiger partial charge is 0.240 e. The first kappa shape index (κ1) is 14.1. The van der Waals surface area contributed by atoms with E-state index in [1.54, 1.807) is 18.2 Å². The maximum atomic E-state index is 11.9. The van der Waals surface area contributed by atoms with Gasteiger partial charge in [-0.05, 0) is 23.3 Å². The second kappa shape index (κ2) is 5.52. The van der Waals surface area contributed by atoms with E-state index in [9.17, 15) is 9.90 Å². The van der Waals surface area contributed by atoms with Gasteiger partial charge in [-0.25, -0.2) is 5.01 Å². The number of hydrogen-bond acceptors (Lipinski definition) is 4. The summed E-state index contributed by atoms with van der Waals surface area (Å²) in [4.78, 5) is 11.9. The third kappa shape index (κ3) is 2.53. The normalized spacial score (nSPS) is 17.4. The molecule has 1 aliphatic heterocycles. The van der Waals surface area contributed by atoms with Gasteiger partial charge in [0.2, 0.25) is 5.91 Å². The summed E-state index contributed by atoms with van der Waals surface area (Å²) in [5.74, 6) is -0.0806. The zero-order valence-corrected chi connectivity index (χ0v) is 12.2. The fourth-order valence-corrected chi connectivity index (χ4v) is 2.65. The molecule has 0 radical (unpaired) electrons. The van der Waals surface area contributed by atoms with Crippen molar-refractivity contribution in [3.05, 3.63) is 59.7 Å². The quantitative estimate of drug-likeness (QED) is 0.660. The molecule has 3 N–H and O–H groups in total. The Balaban J connectivity index is 1.96. The third-order valence-electron chi connectivity index (χ3n) is 3.78. The van der Waals surface area contributed by atoms with Crippen LogP contribution in [0.25, 0.3) is 0 Å². The van der Waals surface area contributed by atoms with Crippen LogP contribution in [0, 0.1) is 0 Å². The molecule has 2 aromatic rings. The first-order chi connectivity index (χ1) is 10.6. The number of hydrazone groups is 1. The molecule has 5 heteroatoms. The maximum absolute atomic E-state index is 11.9. The Kier molecular flexibility index (Phi) is 3.55. The summed E-state index contributed by atoms with van der Waals surface area (Å²) >= 11 is 0. The largest absolute Gasteiger partial charge is 0.506 e. The van der Waals surface area contributed by atoms with E-state index < -0.39 is 0 Å². The lowest BCUT2D eigenvalue weighted by Crippen LogP contribution is -2.24. The monoisotopic (exact) mass is 295 g/mol. The minimum absolute atomic E-state index is 0.0420. The average Bonchev–Trinajstić information content (AvgIpc) is 2.96. The van der Waals surface area contributed by atoms with E-state index in [1.165, 1.54) is 11.9 Å². The molecule has 1 heterocycles. The van der Waals surface area contributed by atoms with Gasteiger partial charge in [0.25, 0.3) is 0 Å². The van der Waals surface area contributed by atoms with Crippen molar-refractivity contribution in [3.63, 3.8) is 0 Å². The van der Waals surface area contributed by atoms with E-state index in [2.05, 4.69) is 5.10 Å². The number of carbonyl (C=O) groups excluding carboxylic acids is 1. The zero-order chi connectivity index (χ0) is 15.7. The number of amides is 1. The van der Waals surface area contributed by atoms with E-state index >= 15 is 0 Å². The second-order valence-electron chi connectivity index (χ2n) is 5.31. The Morgan fingerprint density at radius 2 is 2.00 bits per heavy atom. The molecule has 112 valence electrons. The molecule has 0 spiro atoms. The van der Waals surface area contributed by atoms with Crippen LogP contribution in [0.5, 0.6) is 5.75 Å². The van der Waals surface area contributed by atoms with Crippen molar-refractivity contribution < 1.29 is 9.90 Å². The summed E-state index contributed by atoms with van der Waals surface area (Å²) in [7, 11) is 0. The number of aromatic hydroxyl groups is 1. The van der Waals surface area contributed by atoms with Gasteiger partial charge in [0.1, 0.15) is 5.75 Å². The van der Waals surface area contributed by atoms with Crippen LogP contribution in [0.2, 0.25) is 0 Å². The number of anilines is 1. The van der Waals surface area contributed by atoms with E-state index in [-0.39, 0.29) is 17.7 Å². The molecule has 0 aromatic heterocycles. The molecule has 0 bridgehead atoms. The average molecular weight is 295 g/mol. The number of phenols is 1. The van der Waals surface area contributed by atoms with Gasteiger partial charge < -0.3 is 10.8 Å². The number of nitrogen functional groups attached to an aromatic ring is 1. The van der Waals surface area contributed by atoms with Crippen molar-refractivity contribution >= 4 is 17.3 Å². The summed E-state index contributed by atoms with van der Waals surface area (Å²) in [6.45, 7) is 1.49. The van der Waals surface area contributed by atoms with Crippen LogP contribution in [0.1, 0.15) is 30.5 Å². The van der Waals surface area contributed by atoms with Gasteiger partial charge in [-0.15, -0.1) is 0 Å². The topological polar surface area (TPSA) is 78.9 Å². The van der Waals surface area contributed by atoms with Crippen LogP contribution in [-0.2, 0) is 4.79 Å². The molecule has 2 aromatic carbocycles. The van der Waals surface area contributed by atoms with E-state index in [0.29, 0.717) is 12.1 Å². The Labute approximate surface area is 128 Å². The van der Waals surface area contributed by atoms with Gasteiger partial charge >= 0.3 is 0 Å². The SMILES string of the molecule is CC(=O)N1N=C(c2ccccc2)CC1c1ccc(O)c(N)c1. The highest BCUT2D eigenvalue weighted by Crippen LogP contribution is 2.35. The van der Waals surface area contributed by atoms with Crippen LogP contribution in [-0.4, -0.2) is 21.7 Å². The number of benzene rings is 2. The molecule has 1 amide bonds. The van der Waals surface area contributed by atoms with Gasteiger partial charge in [0, 0.05) is 13.3 Å². The standard InChI is InChI=1S/C17H17N3O2/c1-11(21)20-16(13-7-8-17(22)14(18)9-13)10-15(19-20)12-5-3-2-4-6-12/h2-9,16,22H,10,18H2,1H3. The summed E-state index contributed by atoms with van der Waals surface area (Å²) < 4.78 is 0. The predicted molar refractivity (Wildman–Crippen MR) is 85.4 cm³/mol. The second-order valence-corrected chi connectivity index (χ2v) is 5.31. The van der Waals surface area contributed by atoms with E-state index in [0.717, 1.165) is 16.8 Å². The molecule has 0 aliphatic carbocycles. The van der Waals surface area contributed by atoms with Gasteiger partial charge in [-0.1, -0.05) is 36.4 Å². The molecule has 0 saturated carbocycles. The first-order valence-electron chi connectivity index (χ1n) is 7.07. The summed E-state index contributed by atoms with van der Waals surface area (Å²) in [6, 6.07) is 14.6. The fraction of sp³-hybridized carbons (Fsp3) is 0.176. The van der Waals surface area contributed by atoms with Crippen molar-refractivity contribution in [3.8, 4) is 5.75 Å². The van der Waals surface area contributed by atoms with E-state index in [4.69, 9.17) is 5.73 Å². The Morgan fingerprint density at radius 3 is 2.64 bits per heavy atom. The molecule has 1 aliphatic rings. The van der Waals surface area contributed by atoms with Crippen molar-refractivity contribution in [2.75, 3.05) is 5.73 Å². The van der Waals surface area contributed by atoms with Crippen molar-refractivity contribution in [2.24, 2.45) is 5.10 Å². The molecule has 1 atom stereocenters. The lowest BCUT2D eigenvalue weighted by Gasteiger charge is -2.20. The molecular formula is C17H17N3O2. The van der Waals surface area contributed by atoms with Crippen LogP contribution in [0.15, 0.2) is 53.6 Å². The summed E-state index contributed by atoms with van der Waals surface area (Å²) in [6.07, 6.45) is 0.619. The third-order valence-corrected chi connectivity index (χ3v) is 3.78. The predicted octanol–water partition coefficient (Wildman–Crippen LogP) is 2.67. The number of nitrogens with two attached hydrogens (primary N) is 1. The highest BCUT2D eigenvalue weighted by Gasteiger charge is 2.31. The summed E-state index contributed by atoms with van der Waals surface area (Å²) in [5.41, 5.74) is 8.80. The van der Waals surface area contributed by atoms with Crippen LogP contribution < -0.4 is 5.73 Å². The molecule has 5 nitrogen and oxygen atoms in total. The Bertz CT molecular complexity index is 741. The van der Waals surface area contributed by atoms with Gasteiger partial charge in [-0.2, -0.15) is 5.10 Å². The zero-order valence-electron chi connectivity index (χ0n) is 12.2. The van der Waals surface area contributed by atoms with Crippen molar-refractivity contribution in [1.29, 1.82) is 0 Å². The molecule has 1 unspecified atom stereocenters.